The average Bonchev–Trinajstić information content (AvgIpc) is 2.71. The molecule has 2 N–H and O–H groups in total. The monoisotopic (exact) mass is 353 g/mol. The first-order valence-electron chi connectivity index (χ1n) is 8.14. The Morgan fingerprint density at radius 2 is 0.852 bits per heavy atom. The van der Waals surface area contributed by atoms with Crippen LogP contribution >= 0.6 is 0 Å². The molecular formula is C22H20BeN2O2. The van der Waals surface area contributed by atoms with Crippen molar-refractivity contribution in [2.24, 2.45) is 0 Å². The van der Waals surface area contributed by atoms with Gasteiger partial charge in [-0.25, -0.2) is 0 Å². The molecule has 5 heteroatoms. The fraction of sp³-hybridized carbons (Fsp3) is 0. The second kappa shape index (κ2) is 9.85. The molecule has 0 spiro atoms. The minimum absolute atomic E-state index is 0. The minimum atomic E-state index is 0. The van der Waals surface area contributed by atoms with Crippen molar-refractivity contribution in [2.45, 2.75) is 0 Å². The Kier molecular flexibility index (Phi) is 7.24. The molecule has 0 saturated carbocycles. The number of phenols is 2. The van der Waals surface area contributed by atoms with E-state index < -0.39 is 0 Å². The Morgan fingerprint density at radius 1 is 0.481 bits per heavy atom. The van der Waals surface area contributed by atoms with Gasteiger partial charge in [-0.3, -0.25) is 9.97 Å². The molecule has 2 aromatic carbocycles. The van der Waals surface area contributed by atoms with Gasteiger partial charge < -0.3 is 10.2 Å². The van der Waals surface area contributed by atoms with Crippen LogP contribution in [0.25, 0.3) is 22.5 Å². The molecule has 0 aliphatic carbocycles. The summed E-state index contributed by atoms with van der Waals surface area (Å²) in [4.78, 5) is 8.30. The molecule has 0 aliphatic rings. The summed E-state index contributed by atoms with van der Waals surface area (Å²) in [7, 11) is 0. The first kappa shape index (κ1) is 19.8. The van der Waals surface area contributed by atoms with Crippen LogP contribution in [0.3, 0.4) is 0 Å². The van der Waals surface area contributed by atoms with Crippen molar-refractivity contribution in [3.05, 3.63) is 97.3 Å². The number of para-hydroxylation sites is 2. The average molecular weight is 353 g/mol. The van der Waals surface area contributed by atoms with Crippen LogP contribution in [-0.4, -0.2) is 30.3 Å². The zero-order valence-corrected chi connectivity index (χ0v) is 14.0. The molecule has 27 heavy (non-hydrogen) atoms. The molecule has 0 unspecified atom stereocenters. The maximum atomic E-state index is 9.52. The summed E-state index contributed by atoms with van der Waals surface area (Å²) in [5, 5.41) is 19.0. The van der Waals surface area contributed by atoms with Gasteiger partial charge in [-0.1, -0.05) is 36.4 Å². The molecule has 0 amide bonds. The third kappa shape index (κ3) is 5.24. The Labute approximate surface area is 162 Å². The number of aromatic hydroxyl groups is 2. The quantitative estimate of drug-likeness (QED) is 0.535. The zero-order valence-electron chi connectivity index (χ0n) is 14.0. The molecule has 0 atom stereocenters. The van der Waals surface area contributed by atoms with Crippen LogP contribution in [0.15, 0.2) is 97.3 Å². The first-order chi connectivity index (χ1) is 12.8. The summed E-state index contributed by atoms with van der Waals surface area (Å²) in [6.07, 6.45) is 3.42. The van der Waals surface area contributed by atoms with Gasteiger partial charge in [0.15, 0.2) is 0 Å². The maximum absolute atomic E-state index is 9.52. The Morgan fingerprint density at radius 3 is 1.19 bits per heavy atom. The number of aromatic nitrogens is 2. The van der Waals surface area contributed by atoms with E-state index in [4.69, 9.17) is 0 Å². The van der Waals surface area contributed by atoms with E-state index in [9.17, 15) is 10.2 Å². The van der Waals surface area contributed by atoms with Crippen molar-refractivity contribution in [3.8, 4) is 34.0 Å². The molecule has 0 bridgehead atoms. The number of hydrogen-bond acceptors (Lipinski definition) is 4. The number of nitrogens with zero attached hydrogens (tertiary/aromatic N) is 2. The SMILES string of the molecule is Oc1ccccc1-c1ccccn1.Oc1ccccc1-c1ccccn1.[BeH2]. The fourth-order valence-electron chi connectivity index (χ4n) is 2.42. The Bertz CT molecular complexity index is 883. The van der Waals surface area contributed by atoms with Gasteiger partial charge in [0.2, 0.25) is 0 Å². The van der Waals surface area contributed by atoms with Crippen molar-refractivity contribution >= 4 is 10.1 Å². The molecule has 4 nitrogen and oxygen atoms in total. The van der Waals surface area contributed by atoms with Gasteiger partial charge in [0.1, 0.15) is 11.5 Å². The van der Waals surface area contributed by atoms with Gasteiger partial charge in [-0.2, -0.15) is 0 Å². The van der Waals surface area contributed by atoms with Crippen molar-refractivity contribution in [2.75, 3.05) is 0 Å². The molecule has 0 fully saturated rings. The van der Waals surface area contributed by atoms with Crippen LogP contribution in [0.5, 0.6) is 11.5 Å². The van der Waals surface area contributed by atoms with Crippen LogP contribution < -0.4 is 0 Å². The van der Waals surface area contributed by atoms with Gasteiger partial charge in [0.25, 0.3) is 0 Å². The van der Waals surface area contributed by atoms with Crippen molar-refractivity contribution < 1.29 is 10.2 Å². The van der Waals surface area contributed by atoms with Gasteiger partial charge >= 0.3 is 10.1 Å². The van der Waals surface area contributed by atoms with E-state index in [0.717, 1.165) is 22.5 Å². The van der Waals surface area contributed by atoms with E-state index in [1.807, 2.05) is 60.7 Å². The van der Waals surface area contributed by atoms with Gasteiger partial charge in [0.05, 0.1) is 11.4 Å². The molecule has 0 aliphatic heterocycles. The molecule has 4 rings (SSSR count). The van der Waals surface area contributed by atoms with Crippen molar-refractivity contribution in [1.29, 1.82) is 0 Å². The van der Waals surface area contributed by atoms with Gasteiger partial charge in [0, 0.05) is 23.5 Å². The first-order valence-corrected chi connectivity index (χ1v) is 8.14. The van der Waals surface area contributed by atoms with Crippen LogP contribution in [0.4, 0.5) is 0 Å². The topological polar surface area (TPSA) is 66.2 Å². The molecule has 132 valence electrons. The van der Waals surface area contributed by atoms with E-state index >= 15 is 0 Å². The van der Waals surface area contributed by atoms with E-state index in [2.05, 4.69) is 9.97 Å². The van der Waals surface area contributed by atoms with Gasteiger partial charge in [-0.15, -0.1) is 0 Å². The third-order valence-electron chi connectivity index (χ3n) is 3.69. The predicted molar refractivity (Wildman–Crippen MR) is 111 cm³/mol. The standard InChI is InChI=1S/2C11H9NO.Be.2H/c2*13-11-7-2-1-5-9(11)10-6-3-4-8-12-10;;;/h2*1-8,13H;;;. The predicted octanol–water partition coefficient (Wildman–Crippen LogP) is 3.99. The number of rotatable bonds is 2. The molecule has 0 radical (unpaired) electrons. The molecular weight excluding hydrogens is 333 g/mol. The summed E-state index contributed by atoms with van der Waals surface area (Å²) in [6, 6.07) is 25.6. The summed E-state index contributed by atoms with van der Waals surface area (Å²) >= 11 is 0. The number of pyridine rings is 2. The second-order valence-electron chi connectivity index (χ2n) is 5.46. The van der Waals surface area contributed by atoms with Crippen LogP contribution in [0, 0.1) is 0 Å². The summed E-state index contributed by atoms with van der Waals surface area (Å²) in [5.41, 5.74) is 3.12. The van der Waals surface area contributed by atoms with Crippen LogP contribution in [0.1, 0.15) is 0 Å². The van der Waals surface area contributed by atoms with Gasteiger partial charge in [-0.05, 0) is 48.5 Å². The summed E-state index contributed by atoms with van der Waals surface area (Å²) in [6.45, 7) is 0. The summed E-state index contributed by atoms with van der Waals surface area (Å²) in [5.74, 6) is 0.530. The summed E-state index contributed by atoms with van der Waals surface area (Å²) < 4.78 is 0. The fourth-order valence-corrected chi connectivity index (χ4v) is 2.42. The van der Waals surface area contributed by atoms with Crippen LogP contribution in [0.2, 0.25) is 0 Å². The van der Waals surface area contributed by atoms with E-state index in [0.29, 0.717) is 0 Å². The van der Waals surface area contributed by atoms with Crippen LogP contribution in [-0.2, 0) is 0 Å². The zero-order chi connectivity index (χ0) is 18.2. The van der Waals surface area contributed by atoms with E-state index in [1.54, 1.807) is 36.7 Å². The normalized spacial score (nSPS) is 9.48. The van der Waals surface area contributed by atoms with Crippen molar-refractivity contribution in [3.63, 3.8) is 0 Å². The second-order valence-corrected chi connectivity index (χ2v) is 5.46. The molecule has 4 aromatic rings. The Balaban J connectivity index is 0.000000187. The number of hydrogen-bond donors (Lipinski definition) is 2. The molecule has 0 saturated heterocycles. The third-order valence-corrected chi connectivity index (χ3v) is 3.69. The Hall–Kier alpha value is -3.49. The van der Waals surface area contributed by atoms with Crippen molar-refractivity contribution in [1.82, 2.24) is 9.97 Å². The number of phenolic OH excluding ortho intramolecular Hbond substituents is 2. The molecule has 2 heterocycles. The van der Waals surface area contributed by atoms with E-state index in [-0.39, 0.29) is 21.6 Å². The van der Waals surface area contributed by atoms with E-state index in [1.165, 1.54) is 0 Å². The number of benzene rings is 2. The molecule has 2 aromatic heterocycles.